The van der Waals surface area contributed by atoms with E-state index in [4.69, 9.17) is 4.74 Å². The number of hydrogen-bond acceptors (Lipinski definition) is 4. The third kappa shape index (κ3) is 4.52. The minimum Gasteiger partial charge on any atom is -0.365 e. The Kier molecular flexibility index (Phi) is 4.97. The topological polar surface area (TPSA) is 75.7 Å². The number of nitrogens with zero attached hydrogens (tertiary/aromatic N) is 1. The van der Waals surface area contributed by atoms with Crippen LogP contribution in [0, 0.1) is 6.92 Å². The van der Waals surface area contributed by atoms with Gasteiger partial charge in [-0.1, -0.05) is 24.3 Å². The summed E-state index contributed by atoms with van der Waals surface area (Å²) in [5, 5.41) is 0. The zero-order valence-corrected chi connectivity index (χ0v) is 13.0. The van der Waals surface area contributed by atoms with Gasteiger partial charge in [-0.3, -0.25) is 4.79 Å². The van der Waals surface area contributed by atoms with Crippen molar-refractivity contribution in [1.82, 2.24) is 9.62 Å². The van der Waals surface area contributed by atoms with E-state index in [-0.39, 0.29) is 30.9 Å². The first kappa shape index (κ1) is 15.9. The van der Waals surface area contributed by atoms with E-state index in [9.17, 15) is 13.2 Å². The molecule has 2 rings (SSSR count). The van der Waals surface area contributed by atoms with Crippen molar-refractivity contribution in [2.24, 2.45) is 0 Å². The number of amides is 1. The summed E-state index contributed by atoms with van der Waals surface area (Å²) in [7, 11) is -1.74. The highest BCUT2D eigenvalue weighted by molar-refractivity contribution is 7.88. The van der Waals surface area contributed by atoms with Gasteiger partial charge < -0.3 is 9.64 Å². The fourth-order valence-corrected chi connectivity index (χ4v) is 3.41. The van der Waals surface area contributed by atoms with Crippen molar-refractivity contribution < 1.29 is 17.9 Å². The van der Waals surface area contributed by atoms with Gasteiger partial charge in [0.05, 0.1) is 11.9 Å². The number of carbonyl (C=O) groups is 1. The summed E-state index contributed by atoms with van der Waals surface area (Å²) in [6, 6.07) is 7.39. The summed E-state index contributed by atoms with van der Waals surface area (Å²) in [4.78, 5) is 12.8. The third-order valence-electron chi connectivity index (χ3n) is 3.48. The zero-order chi connectivity index (χ0) is 15.5. The van der Waals surface area contributed by atoms with Crippen LogP contribution in [-0.2, 0) is 25.3 Å². The number of aryl methyl sites for hydroxylation is 1. The van der Waals surface area contributed by atoms with Crippen molar-refractivity contribution in [2.75, 3.05) is 26.7 Å². The number of nitrogens with one attached hydrogen (secondary N) is 1. The summed E-state index contributed by atoms with van der Waals surface area (Å²) >= 11 is 0. The van der Waals surface area contributed by atoms with E-state index < -0.39 is 10.0 Å². The minimum atomic E-state index is -3.42. The van der Waals surface area contributed by atoms with Crippen LogP contribution in [0.4, 0.5) is 0 Å². The van der Waals surface area contributed by atoms with Crippen molar-refractivity contribution >= 4 is 15.9 Å². The molecular formula is C14H20N2O4S. The van der Waals surface area contributed by atoms with Gasteiger partial charge in [-0.25, -0.2) is 13.1 Å². The van der Waals surface area contributed by atoms with Gasteiger partial charge in [0.1, 0.15) is 6.61 Å². The van der Waals surface area contributed by atoms with Gasteiger partial charge in [-0.05, 0) is 18.1 Å². The van der Waals surface area contributed by atoms with Crippen LogP contribution in [0.5, 0.6) is 0 Å². The van der Waals surface area contributed by atoms with Gasteiger partial charge in [-0.15, -0.1) is 0 Å². The van der Waals surface area contributed by atoms with Gasteiger partial charge in [-0.2, -0.15) is 0 Å². The average molecular weight is 312 g/mol. The second-order valence-corrected chi connectivity index (χ2v) is 7.05. The highest BCUT2D eigenvalue weighted by Gasteiger charge is 2.24. The molecule has 7 heteroatoms. The Morgan fingerprint density at radius 1 is 1.38 bits per heavy atom. The van der Waals surface area contributed by atoms with Crippen molar-refractivity contribution in [3.63, 3.8) is 0 Å². The van der Waals surface area contributed by atoms with Gasteiger partial charge >= 0.3 is 0 Å². The molecule has 1 aliphatic rings. The highest BCUT2D eigenvalue weighted by Crippen LogP contribution is 2.11. The molecule has 6 nitrogen and oxygen atoms in total. The fraction of sp³-hybridized carbons (Fsp3) is 0.500. The second kappa shape index (κ2) is 6.55. The SMILES string of the molecule is Cc1ccccc1CS(=O)(=O)NCC1CN(C)C(=O)CO1. The summed E-state index contributed by atoms with van der Waals surface area (Å²) in [6.07, 6.45) is -0.306. The summed E-state index contributed by atoms with van der Waals surface area (Å²) in [6.45, 7) is 2.45. The number of morpholine rings is 1. The van der Waals surface area contributed by atoms with E-state index in [0.717, 1.165) is 11.1 Å². The predicted molar refractivity (Wildman–Crippen MR) is 79.2 cm³/mol. The number of sulfonamides is 1. The standard InChI is InChI=1S/C14H20N2O4S/c1-11-5-3-4-6-12(11)10-21(18,19)15-7-13-8-16(2)14(17)9-20-13/h3-6,13,15H,7-10H2,1-2H3. The van der Waals surface area contributed by atoms with Crippen LogP contribution < -0.4 is 4.72 Å². The lowest BCUT2D eigenvalue weighted by Gasteiger charge is -2.29. The minimum absolute atomic E-state index is 0.000682. The van der Waals surface area contributed by atoms with E-state index in [0.29, 0.717) is 6.54 Å². The van der Waals surface area contributed by atoms with Crippen LogP contribution >= 0.6 is 0 Å². The van der Waals surface area contributed by atoms with E-state index in [2.05, 4.69) is 4.72 Å². The number of carbonyl (C=O) groups excluding carboxylic acids is 1. The van der Waals surface area contributed by atoms with Gasteiger partial charge in [0, 0.05) is 20.1 Å². The maximum Gasteiger partial charge on any atom is 0.248 e. The van der Waals surface area contributed by atoms with Crippen molar-refractivity contribution in [3.05, 3.63) is 35.4 Å². The number of rotatable bonds is 5. The average Bonchev–Trinajstić information content (AvgIpc) is 2.43. The maximum absolute atomic E-state index is 12.1. The summed E-state index contributed by atoms with van der Waals surface area (Å²) < 4.78 is 32.0. The summed E-state index contributed by atoms with van der Waals surface area (Å²) in [5.74, 6) is -0.143. The lowest BCUT2D eigenvalue weighted by molar-refractivity contribution is -0.146. The first-order valence-corrected chi connectivity index (χ1v) is 8.40. The Labute approximate surface area is 125 Å². The second-order valence-electron chi connectivity index (χ2n) is 5.24. The van der Waals surface area contributed by atoms with Gasteiger partial charge in [0.25, 0.3) is 0 Å². The predicted octanol–water partition coefficient (Wildman–Crippen LogP) is 0.272. The smallest absolute Gasteiger partial charge is 0.248 e. The van der Waals surface area contributed by atoms with Crippen LogP contribution in [0.3, 0.4) is 0 Å². The Morgan fingerprint density at radius 3 is 2.76 bits per heavy atom. The number of hydrogen-bond donors (Lipinski definition) is 1. The van der Waals surface area contributed by atoms with Crippen molar-refractivity contribution in [1.29, 1.82) is 0 Å². The van der Waals surface area contributed by atoms with E-state index in [1.807, 2.05) is 25.1 Å². The molecule has 116 valence electrons. The molecule has 1 atom stereocenters. The van der Waals surface area contributed by atoms with Gasteiger partial charge in [0.15, 0.2) is 0 Å². The molecule has 1 heterocycles. The van der Waals surface area contributed by atoms with Crippen LogP contribution in [0.25, 0.3) is 0 Å². The first-order chi connectivity index (χ1) is 9.87. The number of likely N-dealkylation sites (N-methyl/N-ethyl adjacent to an activating group) is 1. The van der Waals surface area contributed by atoms with Crippen LogP contribution in [0.2, 0.25) is 0 Å². The zero-order valence-electron chi connectivity index (χ0n) is 12.2. The lowest BCUT2D eigenvalue weighted by Crippen LogP contribution is -2.48. The number of benzene rings is 1. The molecule has 0 spiro atoms. The molecule has 0 radical (unpaired) electrons. The molecule has 1 fully saturated rings. The highest BCUT2D eigenvalue weighted by atomic mass is 32.2. The van der Waals surface area contributed by atoms with E-state index in [1.54, 1.807) is 18.0 Å². The quantitative estimate of drug-likeness (QED) is 0.847. The molecule has 1 N–H and O–H groups in total. The van der Waals surface area contributed by atoms with Crippen LogP contribution in [0.1, 0.15) is 11.1 Å². The Hall–Kier alpha value is -1.44. The Bertz CT molecular complexity index is 615. The molecule has 1 unspecified atom stereocenters. The molecular weight excluding hydrogens is 292 g/mol. The fourth-order valence-electron chi connectivity index (χ4n) is 2.13. The Balaban J connectivity index is 1.90. The van der Waals surface area contributed by atoms with Gasteiger partial charge in [0.2, 0.25) is 15.9 Å². The van der Waals surface area contributed by atoms with Crippen LogP contribution in [0.15, 0.2) is 24.3 Å². The molecule has 1 amide bonds. The molecule has 1 aliphatic heterocycles. The normalized spacial score (nSPS) is 19.8. The monoisotopic (exact) mass is 312 g/mol. The Morgan fingerprint density at radius 2 is 2.10 bits per heavy atom. The maximum atomic E-state index is 12.1. The van der Waals surface area contributed by atoms with Crippen molar-refractivity contribution in [2.45, 2.75) is 18.8 Å². The molecule has 0 aromatic heterocycles. The largest absolute Gasteiger partial charge is 0.365 e. The summed E-state index contributed by atoms with van der Waals surface area (Å²) in [5.41, 5.74) is 1.73. The lowest BCUT2D eigenvalue weighted by atomic mass is 10.1. The molecule has 21 heavy (non-hydrogen) atoms. The van der Waals surface area contributed by atoms with E-state index in [1.165, 1.54) is 0 Å². The molecule has 0 aliphatic carbocycles. The van der Waals surface area contributed by atoms with E-state index >= 15 is 0 Å². The van der Waals surface area contributed by atoms with Crippen LogP contribution in [-0.4, -0.2) is 52.1 Å². The molecule has 1 saturated heterocycles. The van der Waals surface area contributed by atoms with Crippen molar-refractivity contribution in [3.8, 4) is 0 Å². The molecule has 1 aromatic carbocycles. The molecule has 1 aromatic rings. The number of ether oxygens (including phenoxy) is 1. The molecule has 0 saturated carbocycles. The third-order valence-corrected chi connectivity index (χ3v) is 4.78. The first-order valence-electron chi connectivity index (χ1n) is 6.75. The molecule has 0 bridgehead atoms.